The van der Waals surface area contributed by atoms with Crippen LogP contribution in [0.2, 0.25) is 0 Å². The topological polar surface area (TPSA) is 71.6 Å². The van der Waals surface area contributed by atoms with Gasteiger partial charge in [-0.05, 0) is 83.8 Å². The van der Waals surface area contributed by atoms with E-state index in [1.54, 1.807) is 0 Å². The monoisotopic (exact) mass is 449 g/mol. The first-order valence-electron chi connectivity index (χ1n) is 9.98. The largest absolute Gasteiger partial charge is 0.490 e. The Labute approximate surface area is 187 Å². The molecule has 0 aromatic heterocycles. The molecule has 0 unspecified atom stereocenters. The van der Waals surface area contributed by atoms with Crippen molar-refractivity contribution in [1.29, 1.82) is 0 Å². The fourth-order valence-electron chi connectivity index (χ4n) is 3.15. The van der Waals surface area contributed by atoms with Gasteiger partial charge in [0.1, 0.15) is 0 Å². The summed E-state index contributed by atoms with van der Waals surface area (Å²) in [6, 6.07) is 5.90. The van der Waals surface area contributed by atoms with Gasteiger partial charge in [-0.15, -0.1) is 24.8 Å². The second kappa shape index (κ2) is 13.9. The van der Waals surface area contributed by atoms with Gasteiger partial charge in [0.25, 0.3) is 5.91 Å². The highest BCUT2D eigenvalue weighted by Gasteiger charge is 2.16. The smallest absolute Gasteiger partial charge is 0.258 e. The Morgan fingerprint density at radius 3 is 2.45 bits per heavy atom. The lowest BCUT2D eigenvalue weighted by Gasteiger charge is -2.23. The average Bonchev–Trinajstić information content (AvgIpc) is 2.61. The van der Waals surface area contributed by atoms with E-state index in [0.717, 1.165) is 37.7 Å². The Morgan fingerprint density at radius 1 is 1.14 bits per heavy atom. The molecule has 168 valence electrons. The van der Waals surface area contributed by atoms with Crippen LogP contribution in [0.5, 0.6) is 11.5 Å². The second-order valence-electron chi connectivity index (χ2n) is 8.13. The molecule has 0 spiro atoms. The van der Waals surface area contributed by atoms with Gasteiger partial charge in [0.2, 0.25) is 0 Å². The van der Waals surface area contributed by atoms with E-state index in [2.05, 4.69) is 16.0 Å². The third kappa shape index (κ3) is 10.9. The number of piperidine rings is 1. The number of hydrogen-bond acceptors (Lipinski definition) is 5. The zero-order valence-corrected chi connectivity index (χ0v) is 19.6. The van der Waals surface area contributed by atoms with Crippen LogP contribution in [0.4, 0.5) is 0 Å². The maximum absolute atomic E-state index is 12.0. The number of ether oxygens (including phenoxy) is 2. The van der Waals surface area contributed by atoms with E-state index in [1.807, 2.05) is 45.9 Å². The van der Waals surface area contributed by atoms with Gasteiger partial charge in [0.15, 0.2) is 18.1 Å². The Kier molecular flexibility index (Phi) is 13.3. The fourth-order valence-corrected chi connectivity index (χ4v) is 3.15. The number of benzene rings is 1. The summed E-state index contributed by atoms with van der Waals surface area (Å²) in [5.41, 5.74) is 0.881. The third-order valence-corrected chi connectivity index (χ3v) is 4.40. The molecule has 1 aromatic rings. The van der Waals surface area contributed by atoms with E-state index in [-0.39, 0.29) is 42.9 Å². The summed E-state index contributed by atoms with van der Waals surface area (Å²) in [5.74, 6) is 1.89. The van der Waals surface area contributed by atoms with Crippen molar-refractivity contribution in [2.45, 2.75) is 52.6 Å². The Balaban J connectivity index is 0.00000392. The summed E-state index contributed by atoms with van der Waals surface area (Å²) in [5, 5.41) is 9.84. The molecule has 1 heterocycles. The van der Waals surface area contributed by atoms with Gasteiger partial charge < -0.3 is 25.4 Å². The minimum absolute atomic E-state index is 0. The molecule has 1 saturated heterocycles. The molecule has 1 aliphatic heterocycles. The molecule has 1 aromatic carbocycles. The Hall–Kier alpha value is -1.21. The predicted molar refractivity (Wildman–Crippen MR) is 123 cm³/mol. The maximum Gasteiger partial charge on any atom is 0.258 e. The molecular formula is C21H37Cl2N3O3. The first kappa shape index (κ1) is 27.8. The van der Waals surface area contributed by atoms with Crippen LogP contribution in [-0.2, 0) is 11.3 Å². The van der Waals surface area contributed by atoms with Crippen molar-refractivity contribution in [3.63, 3.8) is 0 Å². The highest BCUT2D eigenvalue weighted by Crippen LogP contribution is 2.28. The van der Waals surface area contributed by atoms with E-state index in [1.165, 1.54) is 12.8 Å². The molecule has 0 radical (unpaired) electrons. The van der Waals surface area contributed by atoms with Crippen LogP contribution >= 0.6 is 24.8 Å². The Bertz CT molecular complexity index is 603. The van der Waals surface area contributed by atoms with Crippen LogP contribution in [0.15, 0.2) is 18.2 Å². The third-order valence-electron chi connectivity index (χ3n) is 4.40. The molecule has 0 aliphatic carbocycles. The number of halogens is 2. The summed E-state index contributed by atoms with van der Waals surface area (Å²) in [4.78, 5) is 12.0. The average molecular weight is 450 g/mol. The standard InChI is InChI=1S/C21H35N3O3.2ClH/c1-5-26-19-12-17(14-23-13-16-8-10-22-11-9-16)6-7-18(19)27-15-20(25)24-21(2,3)4;;/h6-7,12,16,22-23H,5,8-11,13-15H2,1-4H3,(H,24,25);2*1H. The van der Waals surface area contributed by atoms with Crippen LogP contribution in [0, 0.1) is 5.92 Å². The van der Waals surface area contributed by atoms with E-state index in [0.29, 0.717) is 18.1 Å². The van der Waals surface area contributed by atoms with Crippen LogP contribution in [-0.4, -0.2) is 44.3 Å². The molecule has 29 heavy (non-hydrogen) atoms. The van der Waals surface area contributed by atoms with E-state index in [4.69, 9.17) is 9.47 Å². The molecule has 6 nitrogen and oxygen atoms in total. The first-order chi connectivity index (χ1) is 12.9. The minimum Gasteiger partial charge on any atom is -0.490 e. The molecule has 1 aliphatic rings. The highest BCUT2D eigenvalue weighted by atomic mass is 35.5. The van der Waals surface area contributed by atoms with E-state index >= 15 is 0 Å². The highest BCUT2D eigenvalue weighted by molar-refractivity contribution is 5.85. The lowest BCUT2D eigenvalue weighted by molar-refractivity contribution is -0.124. The predicted octanol–water partition coefficient (Wildman–Crippen LogP) is 3.31. The molecule has 0 atom stereocenters. The summed E-state index contributed by atoms with van der Waals surface area (Å²) >= 11 is 0. The van der Waals surface area contributed by atoms with Gasteiger partial charge in [0, 0.05) is 12.1 Å². The van der Waals surface area contributed by atoms with Gasteiger partial charge >= 0.3 is 0 Å². The van der Waals surface area contributed by atoms with Crippen LogP contribution < -0.4 is 25.4 Å². The van der Waals surface area contributed by atoms with Gasteiger partial charge in [0.05, 0.1) is 6.61 Å². The quantitative estimate of drug-likeness (QED) is 0.539. The Morgan fingerprint density at radius 2 is 1.83 bits per heavy atom. The molecular weight excluding hydrogens is 413 g/mol. The molecule has 0 saturated carbocycles. The fraction of sp³-hybridized carbons (Fsp3) is 0.667. The SMILES string of the molecule is CCOc1cc(CNCC2CCNCC2)ccc1OCC(=O)NC(C)(C)C.Cl.Cl. The lowest BCUT2D eigenvalue weighted by Crippen LogP contribution is -2.43. The minimum atomic E-state index is -0.271. The summed E-state index contributed by atoms with van der Waals surface area (Å²) < 4.78 is 11.4. The number of rotatable bonds is 9. The van der Waals surface area contributed by atoms with Gasteiger partial charge in [-0.25, -0.2) is 0 Å². The van der Waals surface area contributed by atoms with Gasteiger partial charge in [-0.1, -0.05) is 6.07 Å². The van der Waals surface area contributed by atoms with Crippen molar-refractivity contribution in [1.82, 2.24) is 16.0 Å². The second-order valence-corrected chi connectivity index (χ2v) is 8.13. The lowest BCUT2D eigenvalue weighted by atomic mass is 9.98. The van der Waals surface area contributed by atoms with Crippen molar-refractivity contribution in [3.05, 3.63) is 23.8 Å². The first-order valence-corrected chi connectivity index (χ1v) is 9.98. The van der Waals surface area contributed by atoms with Crippen molar-refractivity contribution >= 4 is 30.7 Å². The summed E-state index contributed by atoms with van der Waals surface area (Å²) in [6.45, 7) is 12.4. The van der Waals surface area contributed by atoms with E-state index in [9.17, 15) is 4.79 Å². The van der Waals surface area contributed by atoms with E-state index < -0.39 is 0 Å². The number of carbonyl (C=O) groups is 1. The number of hydrogen-bond donors (Lipinski definition) is 3. The van der Waals surface area contributed by atoms with Crippen LogP contribution in [0.3, 0.4) is 0 Å². The van der Waals surface area contributed by atoms with Crippen LogP contribution in [0.25, 0.3) is 0 Å². The molecule has 2 rings (SSSR count). The summed E-state index contributed by atoms with van der Waals surface area (Å²) in [6.07, 6.45) is 2.47. The van der Waals surface area contributed by atoms with Crippen molar-refractivity contribution in [3.8, 4) is 11.5 Å². The molecule has 3 N–H and O–H groups in total. The van der Waals surface area contributed by atoms with Crippen molar-refractivity contribution in [2.24, 2.45) is 5.92 Å². The summed E-state index contributed by atoms with van der Waals surface area (Å²) in [7, 11) is 0. The number of carbonyl (C=O) groups excluding carboxylic acids is 1. The van der Waals surface area contributed by atoms with Crippen molar-refractivity contribution in [2.75, 3.05) is 32.8 Å². The normalized spacial score (nSPS) is 14.3. The molecule has 0 bridgehead atoms. The molecule has 1 fully saturated rings. The van der Waals surface area contributed by atoms with Gasteiger partial charge in [-0.3, -0.25) is 4.79 Å². The molecule has 8 heteroatoms. The maximum atomic E-state index is 12.0. The zero-order valence-electron chi connectivity index (χ0n) is 18.0. The van der Waals surface area contributed by atoms with Crippen molar-refractivity contribution < 1.29 is 14.3 Å². The van der Waals surface area contributed by atoms with Gasteiger partial charge in [-0.2, -0.15) is 0 Å². The zero-order chi connectivity index (χ0) is 19.7. The number of nitrogens with one attached hydrogen (secondary N) is 3. The molecule has 1 amide bonds. The van der Waals surface area contributed by atoms with Crippen LogP contribution in [0.1, 0.15) is 46.1 Å². The number of amides is 1.